The quantitative estimate of drug-likeness (QED) is 0.597. The Morgan fingerprint density at radius 1 is 1.48 bits per heavy atom. The van der Waals surface area contributed by atoms with Crippen molar-refractivity contribution < 1.29 is 4.74 Å². The minimum absolute atomic E-state index is 0.0771. The smallest absolute Gasteiger partial charge is 0.191 e. The fourth-order valence-electron chi connectivity index (χ4n) is 2.79. The minimum Gasteiger partial charge on any atom is -0.373 e. The molecular formula is C17H31N5O. The molecule has 1 aliphatic heterocycles. The summed E-state index contributed by atoms with van der Waals surface area (Å²) in [6.45, 7) is 12.7. The van der Waals surface area contributed by atoms with E-state index in [1.54, 1.807) is 0 Å². The topological polar surface area (TPSA) is 63.5 Å². The Labute approximate surface area is 139 Å². The van der Waals surface area contributed by atoms with Crippen LogP contribution in [-0.4, -0.2) is 40.8 Å². The van der Waals surface area contributed by atoms with Gasteiger partial charge in [0, 0.05) is 38.6 Å². The van der Waals surface area contributed by atoms with Crippen LogP contribution in [0, 0.1) is 5.92 Å². The van der Waals surface area contributed by atoms with Crippen molar-refractivity contribution in [3.63, 3.8) is 0 Å². The van der Waals surface area contributed by atoms with Gasteiger partial charge in [0.2, 0.25) is 0 Å². The second-order valence-electron chi connectivity index (χ2n) is 6.84. The Morgan fingerprint density at radius 3 is 2.96 bits per heavy atom. The van der Waals surface area contributed by atoms with Crippen LogP contribution in [0.15, 0.2) is 17.4 Å². The standard InChI is InChI=1S/C17H31N5O/c1-5-18-16(21-13-17(4)7-6-10-23-17)20-11-15-19-8-9-22(15)12-14(2)3/h8-9,14H,5-7,10-13H2,1-4H3,(H2,18,20,21). The van der Waals surface area contributed by atoms with Crippen molar-refractivity contribution in [3.8, 4) is 0 Å². The monoisotopic (exact) mass is 321 g/mol. The second kappa shape index (κ2) is 8.34. The normalized spacial score (nSPS) is 21.9. The Morgan fingerprint density at radius 2 is 2.30 bits per heavy atom. The molecule has 0 bridgehead atoms. The average Bonchev–Trinajstić information content (AvgIpc) is 3.11. The molecule has 1 saturated heterocycles. The van der Waals surface area contributed by atoms with Crippen molar-refractivity contribution in [1.82, 2.24) is 20.2 Å². The van der Waals surface area contributed by atoms with E-state index < -0.39 is 0 Å². The molecule has 23 heavy (non-hydrogen) atoms. The number of imidazole rings is 1. The summed E-state index contributed by atoms with van der Waals surface area (Å²) in [4.78, 5) is 9.10. The molecule has 1 unspecified atom stereocenters. The average molecular weight is 321 g/mol. The van der Waals surface area contributed by atoms with Crippen LogP contribution in [0.5, 0.6) is 0 Å². The summed E-state index contributed by atoms with van der Waals surface area (Å²) in [6.07, 6.45) is 6.11. The molecule has 2 N–H and O–H groups in total. The van der Waals surface area contributed by atoms with Gasteiger partial charge in [-0.05, 0) is 32.6 Å². The van der Waals surface area contributed by atoms with Crippen LogP contribution >= 0.6 is 0 Å². The Kier molecular flexibility index (Phi) is 6.45. The lowest BCUT2D eigenvalue weighted by atomic mass is 10.0. The summed E-state index contributed by atoms with van der Waals surface area (Å²) in [6, 6.07) is 0. The van der Waals surface area contributed by atoms with Gasteiger partial charge in [0.05, 0.1) is 5.60 Å². The molecule has 0 aromatic carbocycles. The van der Waals surface area contributed by atoms with E-state index in [2.05, 4.69) is 52.9 Å². The van der Waals surface area contributed by atoms with E-state index >= 15 is 0 Å². The van der Waals surface area contributed by atoms with Gasteiger partial charge in [-0.3, -0.25) is 0 Å². The van der Waals surface area contributed by atoms with E-state index in [-0.39, 0.29) is 5.60 Å². The number of aromatic nitrogens is 2. The fourth-order valence-corrected chi connectivity index (χ4v) is 2.79. The van der Waals surface area contributed by atoms with Gasteiger partial charge in [0.15, 0.2) is 5.96 Å². The Bertz CT molecular complexity index is 503. The molecule has 130 valence electrons. The maximum absolute atomic E-state index is 5.82. The molecule has 0 radical (unpaired) electrons. The van der Waals surface area contributed by atoms with Crippen LogP contribution < -0.4 is 10.6 Å². The van der Waals surface area contributed by atoms with Gasteiger partial charge in [0.1, 0.15) is 12.4 Å². The third-order valence-electron chi connectivity index (χ3n) is 4.02. The van der Waals surface area contributed by atoms with Gasteiger partial charge >= 0.3 is 0 Å². The van der Waals surface area contributed by atoms with Crippen LogP contribution in [0.1, 0.15) is 46.4 Å². The molecule has 6 heteroatoms. The molecule has 2 heterocycles. The van der Waals surface area contributed by atoms with Crippen molar-refractivity contribution >= 4 is 5.96 Å². The number of aliphatic imine (C=N–C) groups is 1. The van der Waals surface area contributed by atoms with Crippen molar-refractivity contribution in [1.29, 1.82) is 0 Å². The van der Waals surface area contributed by atoms with Crippen LogP contribution in [0.2, 0.25) is 0 Å². The molecular weight excluding hydrogens is 290 g/mol. The predicted octanol–water partition coefficient (Wildman–Crippen LogP) is 2.16. The lowest BCUT2D eigenvalue weighted by Gasteiger charge is -2.24. The highest BCUT2D eigenvalue weighted by atomic mass is 16.5. The molecule has 0 saturated carbocycles. The minimum atomic E-state index is -0.0771. The number of hydrogen-bond acceptors (Lipinski definition) is 3. The predicted molar refractivity (Wildman–Crippen MR) is 93.5 cm³/mol. The van der Waals surface area contributed by atoms with Gasteiger partial charge < -0.3 is 19.9 Å². The van der Waals surface area contributed by atoms with Gasteiger partial charge in [-0.25, -0.2) is 9.98 Å². The zero-order valence-corrected chi connectivity index (χ0v) is 14.9. The lowest BCUT2D eigenvalue weighted by molar-refractivity contribution is 0.0243. The van der Waals surface area contributed by atoms with Crippen molar-refractivity contribution in [3.05, 3.63) is 18.2 Å². The van der Waals surface area contributed by atoms with E-state index in [0.29, 0.717) is 12.5 Å². The molecule has 1 aromatic heterocycles. The van der Waals surface area contributed by atoms with Crippen LogP contribution in [-0.2, 0) is 17.8 Å². The third-order valence-corrected chi connectivity index (χ3v) is 4.02. The molecule has 0 aliphatic carbocycles. The lowest BCUT2D eigenvalue weighted by Crippen LogP contribution is -2.45. The van der Waals surface area contributed by atoms with Gasteiger partial charge in [-0.2, -0.15) is 0 Å². The van der Waals surface area contributed by atoms with Crippen molar-refractivity contribution in [2.75, 3.05) is 19.7 Å². The first kappa shape index (κ1) is 17.8. The SMILES string of the molecule is CCNC(=NCc1nccn1CC(C)C)NCC1(C)CCCO1. The van der Waals surface area contributed by atoms with Gasteiger partial charge in [-0.15, -0.1) is 0 Å². The first-order valence-corrected chi connectivity index (χ1v) is 8.68. The van der Waals surface area contributed by atoms with E-state index in [4.69, 9.17) is 4.74 Å². The highest BCUT2D eigenvalue weighted by Crippen LogP contribution is 2.23. The Hall–Kier alpha value is -1.56. The first-order valence-electron chi connectivity index (χ1n) is 8.68. The maximum Gasteiger partial charge on any atom is 0.191 e. The number of rotatable bonds is 7. The van der Waals surface area contributed by atoms with Crippen LogP contribution in [0.4, 0.5) is 0 Å². The summed E-state index contributed by atoms with van der Waals surface area (Å²) >= 11 is 0. The van der Waals surface area contributed by atoms with E-state index in [1.165, 1.54) is 0 Å². The molecule has 1 aromatic rings. The maximum atomic E-state index is 5.82. The van der Waals surface area contributed by atoms with Crippen LogP contribution in [0.3, 0.4) is 0 Å². The molecule has 6 nitrogen and oxygen atoms in total. The van der Waals surface area contributed by atoms with Crippen LogP contribution in [0.25, 0.3) is 0 Å². The summed E-state index contributed by atoms with van der Waals surface area (Å²) in [5, 5.41) is 6.70. The number of ether oxygens (including phenoxy) is 1. The first-order chi connectivity index (χ1) is 11.0. The van der Waals surface area contributed by atoms with E-state index in [0.717, 1.165) is 50.9 Å². The van der Waals surface area contributed by atoms with E-state index in [9.17, 15) is 0 Å². The van der Waals surface area contributed by atoms with Crippen molar-refractivity contribution in [2.24, 2.45) is 10.9 Å². The number of nitrogens with zero attached hydrogens (tertiary/aromatic N) is 3. The van der Waals surface area contributed by atoms with Gasteiger partial charge in [-0.1, -0.05) is 13.8 Å². The highest BCUT2D eigenvalue weighted by Gasteiger charge is 2.29. The second-order valence-corrected chi connectivity index (χ2v) is 6.84. The van der Waals surface area contributed by atoms with Gasteiger partial charge in [0.25, 0.3) is 0 Å². The number of guanidine groups is 1. The molecule has 0 amide bonds. The zero-order chi connectivity index (χ0) is 16.7. The molecule has 1 fully saturated rings. The summed E-state index contributed by atoms with van der Waals surface area (Å²) < 4.78 is 8.00. The molecule has 2 rings (SSSR count). The largest absolute Gasteiger partial charge is 0.373 e. The molecule has 1 atom stereocenters. The Balaban J connectivity index is 1.94. The summed E-state index contributed by atoms with van der Waals surface area (Å²) in [5.74, 6) is 2.42. The number of nitrogens with one attached hydrogen (secondary N) is 2. The zero-order valence-electron chi connectivity index (χ0n) is 14.9. The fraction of sp³-hybridized carbons (Fsp3) is 0.765. The third kappa shape index (κ3) is 5.53. The summed E-state index contributed by atoms with van der Waals surface area (Å²) in [5.41, 5.74) is -0.0771. The molecule has 1 aliphatic rings. The highest BCUT2D eigenvalue weighted by molar-refractivity contribution is 5.79. The molecule has 0 spiro atoms. The van der Waals surface area contributed by atoms with Crippen molar-refractivity contribution in [2.45, 2.75) is 59.2 Å². The summed E-state index contributed by atoms with van der Waals surface area (Å²) in [7, 11) is 0. The number of hydrogen-bond donors (Lipinski definition) is 2. The van der Waals surface area contributed by atoms with E-state index in [1.807, 2.05) is 12.4 Å².